The lowest BCUT2D eigenvalue weighted by molar-refractivity contribution is -0.136. The van der Waals surface area contributed by atoms with E-state index in [0.717, 1.165) is 93.9 Å². The van der Waals surface area contributed by atoms with Crippen LogP contribution in [0.15, 0.2) is 59.7 Å². The topological polar surface area (TPSA) is 158 Å². The molecule has 0 spiro atoms. The molecule has 2 saturated heterocycles. The number of imide groups is 1. The van der Waals surface area contributed by atoms with Gasteiger partial charge in [0.25, 0.3) is 11.8 Å². The second kappa shape index (κ2) is 17.2. The van der Waals surface area contributed by atoms with E-state index in [1.54, 1.807) is 27.9 Å². The van der Waals surface area contributed by atoms with E-state index < -0.39 is 6.04 Å². The first-order chi connectivity index (χ1) is 29.6. The summed E-state index contributed by atoms with van der Waals surface area (Å²) in [5, 5.41) is 10.3. The second-order valence-corrected chi connectivity index (χ2v) is 17.2. The number of carbonyl (C=O) groups excluding carboxylic acids is 4. The molecule has 2 N–H and O–H groups in total. The van der Waals surface area contributed by atoms with Crippen molar-refractivity contribution in [2.45, 2.75) is 77.9 Å². The Morgan fingerprint density at radius 3 is 2.59 bits per heavy atom. The molecule has 2 aromatic carbocycles. The Kier molecular flexibility index (Phi) is 11.4. The van der Waals surface area contributed by atoms with Crippen molar-refractivity contribution in [2.24, 2.45) is 18.0 Å². The predicted octanol–water partition coefficient (Wildman–Crippen LogP) is 4.93. The summed E-state index contributed by atoms with van der Waals surface area (Å²) >= 11 is 0. The molecule has 0 saturated carbocycles. The average molecular weight is 827 g/mol. The second-order valence-electron chi connectivity index (χ2n) is 17.2. The molecule has 15 heteroatoms. The van der Waals surface area contributed by atoms with E-state index in [2.05, 4.69) is 66.6 Å². The van der Waals surface area contributed by atoms with E-state index >= 15 is 0 Å². The number of hydrogen-bond acceptors (Lipinski definition) is 11. The van der Waals surface area contributed by atoms with Crippen LogP contribution in [0.25, 0.3) is 11.3 Å². The summed E-state index contributed by atoms with van der Waals surface area (Å²) in [6.45, 7) is 11.6. The van der Waals surface area contributed by atoms with Crippen molar-refractivity contribution in [3.8, 4) is 17.1 Å². The van der Waals surface area contributed by atoms with Crippen LogP contribution in [0.5, 0.6) is 5.88 Å². The van der Waals surface area contributed by atoms with Gasteiger partial charge in [-0.25, -0.2) is 4.68 Å². The van der Waals surface area contributed by atoms with Gasteiger partial charge in [0.15, 0.2) is 0 Å². The molecule has 1 unspecified atom stereocenters. The highest BCUT2D eigenvalue weighted by Gasteiger charge is 2.40. The number of aromatic nitrogens is 3. The van der Waals surface area contributed by atoms with Crippen molar-refractivity contribution in [1.82, 2.24) is 34.8 Å². The maximum Gasteiger partial charge on any atom is 0.280 e. The van der Waals surface area contributed by atoms with Crippen LogP contribution in [0.2, 0.25) is 0 Å². The first-order valence-electron chi connectivity index (χ1n) is 21.7. The molecule has 9 rings (SSSR count). The normalized spacial score (nSPS) is 21.9. The van der Waals surface area contributed by atoms with Gasteiger partial charge in [0, 0.05) is 76.1 Å². The number of anilines is 2. The van der Waals surface area contributed by atoms with Crippen molar-refractivity contribution in [2.75, 3.05) is 56.1 Å². The van der Waals surface area contributed by atoms with Gasteiger partial charge in [-0.2, -0.15) is 10.1 Å². The summed E-state index contributed by atoms with van der Waals surface area (Å²) < 4.78 is 7.96. The van der Waals surface area contributed by atoms with Crippen LogP contribution in [0.3, 0.4) is 0 Å². The molecule has 2 fully saturated rings. The molecule has 5 aliphatic rings. The summed E-state index contributed by atoms with van der Waals surface area (Å²) in [4.78, 5) is 69.5. The molecule has 0 radical (unpaired) electrons. The fourth-order valence-corrected chi connectivity index (χ4v) is 9.41. The van der Waals surface area contributed by atoms with Crippen LogP contribution in [0, 0.1) is 12.8 Å². The number of hydrogen-bond donors (Lipinski definition) is 2. The molecule has 4 amide bonds. The summed E-state index contributed by atoms with van der Waals surface area (Å²) in [5.41, 5.74) is 8.65. The number of rotatable bonds is 8. The van der Waals surface area contributed by atoms with Gasteiger partial charge in [-0.3, -0.25) is 34.4 Å². The van der Waals surface area contributed by atoms with E-state index in [0.29, 0.717) is 66.4 Å². The van der Waals surface area contributed by atoms with Crippen LogP contribution < -0.4 is 20.3 Å². The third-order valence-corrected chi connectivity index (χ3v) is 12.7. The number of aliphatic imine (C=N–C) groups is 1. The number of pyridine rings is 1. The zero-order chi connectivity index (χ0) is 42.2. The first kappa shape index (κ1) is 40.5. The molecule has 15 nitrogen and oxygen atoms in total. The molecule has 318 valence electrons. The van der Waals surface area contributed by atoms with E-state index in [1.165, 1.54) is 11.1 Å². The molecule has 2 atom stereocenters. The molecular weight excluding hydrogens is 773 g/mol. The van der Waals surface area contributed by atoms with Crippen molar-refractivity contribution >= 4 is 41.0 Å². The van der Waals surface area contributed by atoms with Gasteiger partial charge in [-0.1, -0.05) is 25.1 Å². The number of amides is 4. The van der Waals surface area contributed by atoms with Crippen LogP contribution in [-0.4, -0.2) is 111 Å². The SMILES string of the molecule is Cc1cc2cc(n1)-c1cnn(C)c1OCCC[C@@H](C)CN1/C(=N\C2=O)Nc2ccc(CN3CCN(CCCCc4cccc5c4CN(C4CCC(=O)NC4=O)C5=O)CC3)cc21. The molecule has 5 aliphatic heterocycles. The number of fused-ring (bicyclic) bond motifs is 8. The summed E-state index contributed by atoms with van der Waals surface area (Å²) in [7, 11) is 1.85. The maximum absolute atomic E-state index is 13.8. The van der Waals surface area contributed by atoms with Gasteiger partial charge in [0.05, 0.1) is 35.4 Å². The largest absolute Gasteiger partial charge is 0.477 e. The number of guanidine groups is 1. The predicted molar refractivity (Wildman–Crippen MR) is 231 cm³/mol. The zero-order valence-electron chi connectivity index (χ0n) is 35.3. The quantitative estimate of drug-likeness (QED) is 0.184. The Labute approximate surface area is 356 Å². The molecular formula is C46H54N10O5. The minimum atomic E-state index is -0.596. The number of piperidine rings is 1. The highest BCUT2D eigenvalue weighted by Crippen LogP contribution is 2.36. The van der Waals surface area contributed by atoms with Gasteiger partial charge < -0.3 is 24.8 Å². The van der Waals surface area contributed by atoms with Gasteiger partial charge in [0.1, 0.15) is 6.04 Å². The number of piperazine rings is 1. The third-order valence-electron chi connectivity index (χ3n) is 12.7. The van der Waals surface area contributed by atoms with E-state index in [9.17, 15) is 19.2 Å². The minimum Gasteiger partial charge on any atom is -0.477 e. The van der Waals surface area contributed by atoms with Crippen LogP contribution >= 0.6 is 0 Å². The third kappa shape index (κ3) is 8.53. The lowest BCUT2D eigenvalue weighted by Gasteiger charge is -2.35. The van der Waals surface area contributed by atoms with Crippen LogP contribution in [0.4, 0.5) is 11.4 Å². The Balaban J connectivity index is 0.801. The van der Waals surface area contributed by atoms with Gasteiger partial charge >= 0.3 is 0 Å². The zero-order valence-corrected chi connectivity index (χ0v) is 35.3. The molecule has 2 aromatic heterocycles. The Hall–Kier alpha value is -5.93. The lowest BCUT2D eigenvalue weighted by Crippen LogP contribution is -2.52. The number of benzene rings is 2. The van der Waals surface area contributed by atoms with Gasteiger partial charge in [-0.15, -0.1) is 0 Å². The number of carbonyl (C=O) groups is 4. The molecule has 61 heavy (non-hydrogen) atoms. The Morgan fingerprint density at radius 2 is 1.75 bits per heavy atom. The molecule has 7 heterocycles. The maximum atomic E-state index is 13.8. The highest BCUT2D eigenvalue weighted by atomic mass is 16.5. The lowest BCUT2D eigenvalue weighted by atomic mass is 9.98. The highest BCUT2D eigenvalue weighted by molar-refractivity contribution is 6.19. The van der Waals surface area contributed by atoms with Crippen LogP contribution in [0.1, 0.15) is 88.5 Å². The number of unbranched alkanes of at least 4 members (excludes halogenated alkanes) is 1. The number of nitrogens with zero attached hydrogens (tertiary/aromatic N) is 8. The van der Waals surface area contributed by atoms with Crippen molar-refractivity contribution in [3.63, 3.8) is 0 Å². The fourth-order valence-electron chi connectivity index (χ4n) is 9.41. The van der Waals surface area contributed by atoms with E-state index in [1.807, 2.05) is 26.1 Å². The minimum absolute atomic E-state index is 0.119. The summed E-state index contributed by atoms with van der Waals surface area (Å²) in [6, 6.07) is 15.4. The van der Waals surface area contributed by atoms with Gasteiger partial charge in [-0.05, 0) is 105 Å². The van der Waals surface area contributed by atoms with Crippen molar-refractivity contribution in [3.05, 3.63) is 88.2 Å². The standard InChI is InChI=1S/C46H54N10O5/c1-29-8-7-21-61-45-35(25-47-52(45)3)38-24-33(22-30(2)48-38)42(58)51-46-49-37-13-12-31(23-40(37)56(46)26-29)27-54-19-17-53(18-20-54)16-5-4-9-32-10-6-11-34-36(32)28-55(44(34)60)39-14-15-41(57)50-43(39)59/h6,10-13,22-25,29,39H,4-5,7-9,14-21,26-28H2,1-3H3,(H,49,51,58)(H,50,57,59)/t29-,39?/m1/s1. The average Bonchev–Trinajstić information content (AvgIpc) is 3.90. The summed E-state index contributed by atoms with van der Waals surface area (Å²) in [5.74, 6) is 0.385. The monoisotopic (exact) mass is 826 g/mol. The fraction of sp³-hybridized carbons (Fsp3) is 0.457. The van der Waals surface area contributed by atoms with Crippen molar-refractivity contribution < 1.29 is 23.9 Å². The van der Waals surface area contributed by atoms with Crippen LogP contribution in [-0.2, 0) is 36.1 Å². The number of nitrogens with one attached hydrogen (secondary N) is 2. The summed E-state index contributed by atoms with van der Waals surface area (Å²) in [6.07, 6.45) is 7.13. The van der Waals surface area contributed by atoms with Crippen molar-refractivity contribution in [1.29, 1.82) is 0 Å². The van der Waals surface area contributed by atoms with E-state index in [-0.39, 0.29) is 30.0 Å². The molecule has 2 bridgehead atoms. The smallest absolute Gasteiger partial charge is 0.280 e. The Bertz CT molecular complexity index is 2400. The van der Waals surface area contributed by atoms with Gasteiger partial charge in [0.2, 0.25) is 23.7 Å². The molecule has 4 aromatic rings. The first-order valence-corrected chi connectivity index (χ1v) is 21.7. The number of ether oxygens (including phenoxy) is 1. The Morgan fingerprint density at radius 1 is 0.918 bits per heavy atom. The number of aryl methyl sites for hydroxylation is 3. The van der Waals surface area contributed by atoms with E-state index in [4.69, 9.17) is 9.72 Å². The molecule has 0 aliphatic carbocycles.